The van der Waals surface area contributed by atoms with E-state index in [9.17, 15) is 19.4 Å². The maximum absolute atomic E-state index is 12.7. The fraction of sp³-hybridized carbons (Fsp3) is 0.974. The predicted octanol–water partition coefficient (Wildman–Crippen LogP) is 11.1. The summed E-state index contributed by atoms with van der Waals surface area (Å²) in [7, 11) is -4.30. The largest absolute Gasteiger partial charge is 0.472 e. The Labute approximate surface area is 297 Å². The second kappa shape index (κ2) is 36.3. The molecule has 0 bridgehead atoms. The van der Waals surface area contributed by atoms with E-state index in [-0.39, 0.29) is 25.7 Å². The van der Waals surface area contributed by atoms with Crippen LogP contribution >= 0.6 is 7.82 Å². The Kier molecular flexibility index (Phi) is 35.9. The highest BCUT2D eigenvalue weighted by Crippen LogP contribution is 2.43. The Morgan fingerprint density at radius 2 is 0.958 bits per heavy atom. The van der Waals surface area contributed by atoms with E-state index in [1.54, 1.807) is 0 Å². The van der Waals surface area contributed by atoms with Gasteiger partial charge in [0, 0.05) is 13.0 Å². The van der Waals surface area contributed by atoms with Crippen molar-refractivity contribution >= 4 is 13.7 Å². The molecule has 0 saturated carbocycles. The molecule has 8 nitrogen and oxygen atoms in total. The van der Waals surface area contributed by atoms with Gasteiger partial charge in [-0.15, -0.1) is 0 Å². The van der Waals surface area contributed by atoms with Crippen LogP contribution in [0.1, 0.15) is 213 Å². The molecule has 1 amide bonds. The summed E-state index contributed by atoms with van der Waals surface area (Å²) in [5, 5.41) is 13.7. The van der Waals surface area contributed by atoms with Crippen molar-refractivity contribution in [2.24, 2.45) is 5.73 Å². The number of phosphoric ester groups is 1. The molecular formula is C39H81N2O6P. The summed E-state index contributed by atoms with van der Waals surface area (Å²) >= 11 is 0. The Balaban J connectivity index is 4.10. The summed E-state index contributed by atoms with van der Waals surface area (Å²) in [5.41, 5.74) is 5.37. The third-order valence-corrected chi connectivity index (χ3v) is 10.4. The monoisotopic (exact) mass is 705 g/mol. The molecule has 0 rings (SSSR count). The van der Waals surface area contributed by atoms with Crippen LogP contribution in [-0.4, -0.2) is 47.8 Å². The van der Waals surface area contributed by atoms with Gasteiger partial charge in [-0.25, -0.2) is 4.57 Å². The Morgan fingerprint density at radius 3 is 1.33 bits per heavy atom. The zero-order valence-corrected chi connectivity index (χ0v) is 32.6. The maximum Gasteiger partial charge on any atom is 0.472 e. The number of hydrogen-bond donors (Lipinski definition) is 4. The van der Waals surface area contributed by atoms with Crippen LogP contribution in [0.15, 0.2) is 0 Å². The van der Waals surface area contributed by atoms with Gasteiger partial charge in [0.25, 0.3) is 0 Å². The molecule has 0 heterocycles. The zero-order chi connectivity index (χ0) is 35.4. The first-order valence-electron chi connectivity index (χ1n) is 20.7. The number of carbonyl (C=O) groups excluding carboxylic acids is 1. The highest BCUT2D eigenvalue weighted by molar-refractivity contribution is 7.47. The van der Waals surface area contributed by atoms with Gasteiger partial charge in [0.15, 0.2) is 0 Å². The van der Waals surface area contributed by atoms with Gasteiger partial charge in [0.1, 0.15) is 0 Å². The average Bonchev–Trinajstić information content (AvgIpc) is 3.07. The first kappa shape index (κ1) is 47.5. The summed E-state index contributed by atoms with van der Waals surface area (Å²) in [4.78, 5) is 22.6. The van der Waals surface area contributed by atoms with E-state index in [1.165, 1.54) is 148 Å². The Bertz CT molecular complexity index is 729. The minimum Gasteiger partial charge on any atom is -0.391 e. The molecule has 0 aromatic heterocycles. The van der Waals surface area contributed by atoms with Gasteiger partial charge < -0.3 is 21.1 Å². The quantitative estimate of drug-likeness (QED) is 0.0370. The van der Waals surface area contributed by atoms with Crippen LogP contribution in [0.3, 0.4) is 0 Å². The summed E-state index contributed by atoms with van der Waals surface area (Å²) in [6.45, 7) is 4.21. The molecule has 0 fully saturated rings. The highest BCUT2D eigenvalue weighted by atomic mass is 31.2. The molecule has 0 aromatic carbocycles. The first-order chi connectivity index (χ1) is 23.4. The molecule has 0 radical (unpaired) electrons. The summed E-state index contributed by atoms with van der Waals surface area (Å²) in [6.07, 6.45) is 36.8. The van der Waals surface area contributed by atoms with Crippen molar-refractivity contribution in [2.75, 3.05) is 19.8 Å². The number of hydrogen-bond acceptors (Lipinski definition) is 6. The van der Waals surface area contributed by atoms with E-state index in [4.69, 9.17) is 14.8 Å². The molecule has 0 spiro atoms. The van der Waals surface area contributed by atoms with Gasteiger partial charge in [-0.3, -0.25) is 13.8 Å². The summed E-state index contributed by atoms with van der Waals surface area (Å²) < 4.78 is 22.1. The van der Waals surface area contributed by atoms with E-state index in [2.05, 4.69) is 19.2 Å². The molecule has 0 aliphatic heterocycles. The van der Waals surface area contributed by atoms with Gasteiger partial charge in [-0.2, -0.15) is 0 Å². The molecule has 0 aliphatic carbocycles. The normalized spacial score (nSPS) is 14.2. The van der Waals surface area contributed by atoms with Crippen LogP contribution in [-0.2, 0) is 18.4 Å². The van der Waals surface area contributed by atoms with Crippen LogP contribution in [0.25, 0.3) is 0 Å². The predicted molar refractivity (Wildman–Crippen MR) is 203 cm³/mol. The minimum atomic E-state index is -4.30. The van der Waals surface area contributed by atoms with Gasteiger partial charge in [-0.05, 0) is 12.8 Å². The fourth-order valence-corrected chi connectivity index (χ4v) is 7.07. The summed E-state index contributed by atoms with van der Waals surface area (Å²) in [5.74, 6) is -0.159. The standard InChI is InChI=1S/C39H81N2O6P/c1-3-5-7-9-11-13-15-16-17-18-19-20-21-23-25-27-29-31-33-39(43)41-37(36-47-48(44,45)46-35-34-40)38(42)32-30-28-26-24-22-14-12-10-8-6-4-2/h37-38,42H,3-36,40H2,1-2H3,(H,41,43)(H,44,45). The minimum absolute atomic E-state index is 0.0922. The molecule has 3 unspecified atom stereocenters. The van der Waals surface area contributed by atoms with Crippen molar-refractivity contribution < 1.29 is 28.4 Å². The molecule has 9 heteroatoms. The molecule has 5 N–H and O–H groups in total. The van der Waals surface area contributed by atoms with E-state index in [1.807, 2.05) is 0 Å². The van der Waals surface area contributed by atoms with Crippen molar-refractivity contribution in [3.05, 3.63) is 0 Å². The second-order valence-electron chi connectivity index (χ2n) is 14.2. The van der Waals surface area contributed by atoms with E-state index in [0.717, 1.165) is 38.5 Å². The van der Waals surface area contributed by atoms with E-state index < -0.39 is 20.0 Å². The maximum atomic E-state index is 12.7. The number of aliphatic hydroxyl groups is 1. The number of aliphatic hydroxyl groups excluding tert-OH is 1. The molecule has 288 valence electrons. The topological polar surface area (TPSA) is 131 Å². The second-order valence-corrected chi connectivity index (χ2v) is 15.7. The summed E-state index contributed by atoms with van der Waals surface area (Å²) in [6, 6.07) is -0.766. The lowest BCUT2D eigenvalue weighted by Crippen LogP contribution is -2.46. The van der Waals surface area contributed by atoms with E-state index in [0.29, 0.717) is 12.8 Å². The van der Waals surface area contributed by atoms with Crippen molar-refractivity contribution in [2.45, 2.75) is 225 Å². The number of nitrogens with one attached hydrogen (secondary N) is 1. The highest BCUT2D eigenvalue weighted by Gasteiger charge is 2.27. The smallest absolute Gasteiger partial charge is 0.391 e. The molecule has 3 atom stereocenters. The SMILES string of the molecule is CCCCCCCCCCCCCCCCCCCCC(=O)NC(COP(=O)(O)OCCN)C(O)CCCCCCCCCCCCC. The molecule has 0 aromatic rings. The van der Waals surface area contributed by atoms with Crippen LogP contribution in [0, 0.1) is 0 Å². The van der Waals surface area contributed by atoms with Crippen LogP contribution in [0.2, 0.25) is 0 Å². The van der Waals surface area contributed by atoms with Crippen LogP contribution in [0.4, 0.5) is 0 Å². The lowest BCUT2D eigenvalue weighted by molar-refractivity contribution is -0.123. The molecular weight excluding hydrogens is 623 g/mol. The van der Waals surface area contributed by atoms with Gasteiger partial charge in [0.05, 0.1) is 25.4 Å². The molecule has 0 aliphatic rings. The van der Waals surface area contributed by atoms with Gasteiger partial charge >= 0.3 is 7.82 Å². The van der Waals surface area contributed by atoms with Crippen molar-refractivity contribution in [3.8, 4) is 0 Å². The lowest BCUT2D eigenvalue weighted by Gasteiger charge is -2.25. The van der Waals surface area contributed by atoms with Crippen molar-refractivity contribution in [1.82, 2.24) is 5.32 Å². The molecule has 48 heavy (non-hydrogen) atoms. The third kappa shape index (κ3) is 34.0. The first-order valence-corrected chi connectivity index (χ1v) is 22.1. The molecule has 0 saturated heterocycles. The number of nitrogens with two attached hydrogens (primary N) is 1. The van der Waals surface area contributed by atoms with Crippen LogP contribution < -0.4 is 11.1 Å². The number of phosphoric acid groups is 1. The van der Waals surface area contributed by atoms with E-state index >= 15 is 0 Å². The number of carbonyl (C=O) groups is 1. The average molecular weight is 705 g/mol. The number of amides is 1. The van der Waals surface area contributed by atoms with Crippen molar-refractivity contribution in [1.29, 1.82) is 0 Å². The van der Waals surface area contributed by atoms with Crippen molar-refractivity contribution in [3.63, 3.8) is 0 Å². The fourth-order valence-electron chi connectivity index (χ4n) is 6.31. The number of unbranched alkanes of at least 4 members (excludes halogenated alkanes) is 27. The lowest BCUT2D eigenvalue weighted by atomic mass is 10.0. The van der Waals surface area contributed by atoms with Gasteiger partial charge in [-0.1, -0.05) is 194 Å². The Morgan fingerprint density at radius 1 is 0.604 bits per heavy atom. The van der Waals surface area contributed by atoms with Crippen LogP contribution in [0.5, 0.6) is 0 Å². The number of rotatable bonds is 39. The third-order valence-electron chi connectivity index (χ3n) is 9.46. The zero-order valence-electron chi connectivity index (χ0n) is 31.7. The van der Waals surface area contributed by atoms with Gasteiger partial charge in [0.2, 0.25) is 5.91 Å². The Hall–Kier alpha value is -0.500.